The molecule has 5 heteroatoms. The normalized spacial score (nSPS) is 11.7. The molecule has 0 bridgehead atoms. The van der Waals surface area contributed by atoms with Crippen molar-refractivity contribution in [2.24, 2.45) is 5.73 Å². The number of amides is 2. The van der Waals surface area contributed by atoms with Crippen molar-refractivity contribution in [2.75, 3.05) is 20.1 Å². The van der Waals surface area contributed by atoms with Crippen molar-refractivity contribution in [3.05, 3.63) is 35.9 Å². The predicted octanol–water partition coefficient (Wildman–Crippen LogP) is 0.281. The third-order valence-electron chi connectivity index (χ3n) is 2.88. The van der Waals surface area contributed by atoms with Gasteiger partial charge in [-0.3, -0.25) is 9.59 Å². The summed E-state index contributed by atoms with van der Waals surface area (Å²) < 4.78 is 0. The SMILES string of the molecule is CC(c1ccccc1)N(C)C(=O)CNC(=O)CN. The number of nitrogens with one attached hydrogen (secondary N) is 1. The van der Waals surface area contributed by atoms with Crippen LogP contribution in [0.15, 0.2) is 30.3 Å². The van der Waals surface area contributed by atoms with Gasteiger partial charge >= 0.3 is 0 Å². The Morgan fingerprint density at radius 1 is 1.33 bits per heavy atom. The van der Waals surface area contributed by atoms with Crippen molar-refractivity contribution >= 4 is 11.8 Å². The molecular weight excluding hydrogens is 230 g/mol. The largest absolute Gasteiger partial charge is 0.346 e. The van der Waals surface area contributed by atoms with Crippen LogP contribution >= 0.6 is 0 Å². The van der Waals surface area contributed by atoms with Gasteiger partial charge in [-0.15, -0.1) is 0 Å². The maximum Gasteiger partial charge on any atom is 0.242 e. The lowest BCUT2D eigenvalue weighted by molar-refractivity contribution is -0.133. The number of benzene rings is 1. The molecule has 0 saturated heterocycles. The second-order valence-electron chi connectivity index (χ2n) is 4.07. The Kier molecular flexibility index (Phi) is 5.32. The van der Waals surface area contributed by atoms with Crippen LogP contribution in [0.5, 0.6) is 0 Å². The number of hydrogen-bond donors (Lipinski definition) is 2. The number of carbonyl (C=O) groups excluding carboxylic acids is 2. The van der Waals surface area contributed by atoms with Crippen LogP contribution in [0, 0.1) is 0 Å². The van der Waals surface area contributed by atoms with Crippen LogP contribution in [0.1, 0.15) is 18.5 Å². The third kappa shape index (κ3) is 3.85. The molecule has 0 spiro atoms. The second-order valence-corrected chi connectivity index (χ2v) is 4.07. The zero-order valence-corrected chi connectivity index (χ0v) is 10.7. The zero-order chi connectivity index (χ0) is 13.5. The molecule has 2 amide bonds. The number of rotatable bonds is 5. The average molecular weight is 249 g/mol. The molecular formula is C13H19N3O2. The number of likely N-dealkylation sites (N-methyl/N-ethyl adjacent to an activating group) is 1. The molecule has 98 valence electrons. The fourth-order valence-corrected chi connectivity index (χ4v) is 1.54. The van der Waals surface area contributed by atoms with E-state index in [-0.39, 0.29) is 30.9 Å². The summed E-state index contributed by atoms with van der Waals surface area (Å²) >= 11 is 0. The summed E-state index contributed by atoms with van der Waals surface area (Å²) in [6.07, 6.45) is 0. The minimum Gasteiger partial charge on any atom is -0.346 e. The van der Waals surface area contributed by atoms with Crippen LogP contribution in [-0.2, 0) is 9.59 Å². The van der Waals surface area contributed by atoms with Gasteiger partial charge in [-0.25, -0.2) is 0 Å². The van der Waals surface area contributed by atoms with Gasteiger partial charge < -0.3 is 16.0 Å². The molecule has 1 unspecified atom stereocenters. The van der Waals surface area contributed by atoms with Gasteiger partial charge in [0.1, 0.15) is 0 Å². The fourth-order valence-electron chi connectivity index (χ4n) is 1.54. The van der Waals surface area contributed by atoms with Crippen LogP contribution in [0.25, 0.3) is 0 Å². The van der Waals surface area contributed by atoms with Crippen LogP contribution in [-0.4, -0.2) is 36.9 Å². The molecule has 0 fully saturated rings. The van der Waals surface area contributed by atoms with Crippen molar-refractivity contribution in [3.8, 4) is 0 Å². The van der Waals surface area contributed by atoms with Crippen molar-refractivity contribution in [3.63, 3.8) is 0 Å². The van der Waals surface area contributed by atoms with E-state index in [0.717, 1.165) is 5.56 Å². The van der Waals surface area contributed by atoms with Crippen LogP contribution in [0.4, 0.5) is 0 Å². The Hall–Kier alpha value is -1.88. The summed E-state index contributed by atoms with van der Waals surface area (Å²) in [5, 5.41) is 2.46. The van der Waals surface area contributed by atoms with Crippen LogP contribution < -0.4 is 11.1 Å². The second kappa shape index (κ2) is 6.76. The van der Waals surface area contributed by atoms with Gasteiger partial charge in [-0.2, -0.15) is 0 Å². The lowest BCUT2D eigenvalue weighted by Gasteiger charge is -2.25. The summed E-state index contributed by atoms with van der Waals surface area (Å²) in [6, 6.07) is 9.69. The van der Waals surface area contributed by atoms with Crippen molar-refractivity contribution in [1.82, 2.24) is 10.2 Å². The monoisotopic (exact) mass is 249 g/mol. The Balaban J connectivity index is 2.56. The van der Waals surface area contributed by atoms with E-state index >= 15 is 0 Å². The first kappa shape index (κ1) is 14.2. The standard InChI is InChI=1S/C13H19N3O2/c1-10(11-6-4-3-5-7-11)16(2)13(18)9-15-12(17)8-14/h3-7,10H,8-9,14H2,1-2H3,(H,15,17). The first-order valence-corrected chi connectivity index (χ1v) is 5.83. The van der Waals surface area contributed by atoms with Gasteiger partial charge in [-0.05, 0) is 12.5 Å². The van der Waals surface area contributed by atoms with E-state index in [1.807, 2.05) is 37.3 Å². The molecule has 1 aromatic carbocycles. The Labute approximate surface area is 107 Å². The Morgan fingerprint density at radius 2 is 1.94 bits per heavy atom. The van der Waals surface area contributed by atoms with E-state index in [9.17, 15) is 9.59 Å². The molecule has 0 heterocycles. The third-order valence-corrected chi connectivity index (χ3v) is 2.88. The van der Waals surface area contributed by atoms with E-state index in [1.165, 1.54) is 0 Å². The highest BCUT2D eigenvalue weighted by molar-refractivity contribution is 5.85. The molecule has 1 atom stereocenters. The van der Waals surface area contributed by atoms with Gasteiger partial charge in [0.15, 0.2) is 0 Å². The molecule has 0 saturated carbocycles. The van der Waals surface area contributed by atoms with Crippen LogP contribution in [0.3, 0.4) is 0 Å². The molecule has 1 aromatic rings. The number of nitrogens with two attached hydrogens (primary N) is 1. The number of nitrogens with zero attached hydrogens (tertiary/aromatic N) is 1. The summed E-state index contributed by atoms with van der Waals surface area (Å²) in [5.74, 6) is -0.475. The first-order chi connectivity index (χ1) is 8.56. The van der Waals surface area contributed by atoms with E-state index < -0.39 is 0 Å². The van der Waals surface area contributed by atoms with E-state index in [2.05, 4.69) is 5.32 Å². The minimum absolute atomic E-state index is 0.0241. The highest BCUT2D eigenvalue weighted by Crippen LogP contribution is 2.17. The molecule has 5 nitrogen and oxygen atoms in total. The van der Waals surface area contributed by atoms with Gasteiger partial charge in [0.2, 0.25) is 11.8 Å². The van der Waals surface area contributed by atoms with Gasteiger partial charge in [0.05, 0.1) is 19.1 Å². The average Bonchev–Trinajstić information content (AvgIpc) is 2.43. The lowest BCUT2D eigenvalue weighted by atomic mass is 10.1. The molecule has 3 N–H and O–H groups in total. The van der Waals surface area contributed by atoms with Gasteiger partial charge in [0, 0.05) is 7.05 Å². The van der Waals surface area contributed by atoms with Crippen LogP contribution in [0.2, 0.25) is 0 Å². The maximum absolute atomic E-state index is 11.8. The number of carbonyl (C=O) groups is 2. The highest BCUT2D eigenvalue weighted by Gasteiger charge is 2.17. The first-order valence-electron chi connectivity index (χ1n) is 5.83. The van der Waals surface area contributed by atoms with Crippen molar-refractivity contribution in [2.45, 2.75) is 13.0 Å². The summed E-state index contributed by atoms with van der Waals surface area (Å²) in [5.41, 5.74) is 6.20. The Morgan fingerprint density at radius 3 is 2.50 bits per heavy atom. The van der Waals surface area contributed by atoms with Crippen molar-refractivity contribution < 1.29 is 9.59 Å². The minimum atomic E-state index is -0.330. The lowest BCUT2D eigenvalue weighted by Crippen LogP contribution is -2.41. The zero-order valence-electron chi connectivity index (χ0n) is 10.7. The predicted molar refractivity (Wildman–Crippen MR) is 69.7 cm³/mol. The molecule has 0 aromatic heterocycles. The summed E-state index contributed by atoms with van der Waals surface area (Å²) in [7, 11) is 1.72. The summed E-state index contributed by atoms with van der Waals surface area (Å²) in [4.78, 5) is 24.4. The van der Waals surface area contributed by atoms with Crippen molar-refractivity contribution in [1.29, 1.82) is 0 Å². The molecule has 1 rings (SSSR count). The fraction of sp³-hybridized carbons (Fsp3) is 0.385. The quantitative estimate of drug-likeness (QED) is 0.787. The van der Waals surface area contributed by atoms with Gasteiger partial charge in [-0.1, -0.05) is 30.3 Å². The summed E-state index contributed by atoms with van der Waals surface area (Å²) in [6.45, 7) is 1.81. The molecule has 0 aliphatic heterocycles. The molecule has 0 radical (unpaired) electrons. The molecule has 0 aliphatic rings. The van der Waals surface area contributed by atoms with E-state index in [1.54, 1.807) is 11.9 Å². The smallest absolute Gasteiger partial charge is 0.242 e. The van der Waals surface area contributed by atoms with Gasteiger partial charge in [0.25, 0.3) is 0 Å². The molecule has 18 heavy (non-hydrogen) atoms. The highest BCUT2D eigenvalue weighted by atomic mass is 16.2. The molecule has 0 aliphatic carbocycles. The maximum atomic E-state index is 11.8. The topological polar surface area (TPSA) is 75.4 Å². The number of hydrogen-bond acceptors (Lipinski definition) is 3. The van der Waals surface area contributed by atoms with E-state index in [4.69, 9.17) is 5.73 Å². The Bertz CT molecular complexity index is 406. The van der Waals surface area contributed by atoms with E-state index in [0.29, 0.717) is 0 Å².